The molecule has 33 heavy (non-hydrogen) atoms. The molecule has 1 heterocycles. The summed E-state index contributed by atoms with van der Waals surface area (Å²) < 4.78 is 33.9. The van der Waals surface area contributed by atoms with Crippen molar-refractivity contribution in [2.75, 3.05) is 11.4 Å². The van der Waals surface area contributed by atoms with Gasteiger partial charge in [-0.1, -0.05) is 30.4 Å². The molecule has 1 amide bonds. The van der Waals surface area contributed by atoms with Crippen molar-refractivity contribution in [1.29, 1.82) is 0 Å². The van der Waals surface area contributed by atoms with E-state index in [9.17, 15) is 23.6 Å². The number of para-hydroxylation sites is 1. The monoisotopic (exact) mass is 469 g/mol. The van der Waals surface area contributed by atoms with E-state index in [4.69, 9.17) is 4.74 Å². The summed E-state index contributed by atoms with van der Waals surface area (Å²) in [5, 5.41) is 20.4. The number of nitrogens with zero attached hydrogens (tertiary/aromatic N) is 2. The SMILES string of the molecule is COc1ccc(S(=O)(=O)N(c2ccccc2/C=C/c2cc[n+]([O-])cc2)C(C)C(=O)NO)cc1. The number of sulfonamides is 1. The van der Waals surface area contributed by atoms with E-state index in [1.165, 1.54) is 56.2 Å². The number of nitrogens with one attached hydrogen (secondary N) is 1. The number of hydrogen-bond acceptors (Lipinski definition) is 6. The summed E-state index contributed by atoms with van der Waals surface area (Å²) in [4.78, 5) is 12.2. The minimum Gasteiger partial charge on any atom is -0.619 e. The molecule has 0 aliphatic rings. The van der Waals surface area contributed by atoms with Gasteiger partial charge in [0.2, 0.25) is 0 Å². The third-order valence-corrected chi connectivity index (χ3v) is 6.81. The van der Waals surface area contributed by atoms with Crippen molar-refractivity contribution < 1.29 is 27.9 Å². The van der Waals surface area contributed by atoms with Gasteiger partial charge in [-0.2, -0.15) is 4.73 Å². The van der Waals surface area contributed by atoms with Crippen LogP contribution in [-0.2, 0) is 14.8 Å². The molecule has 0 saturated carbocycles. The van der Waals surface area contributed by atoms with Crippen molar-refractivity contribution in [1.82, 2.24) is 5.48 Å². The zero-order chi connectivity index (χ0) is 24.0. The van der Waals surface area contributed by atoms with Crippen molar-refractivity contribution in [3.05, 3.63) is 89.4 Å². The van der Waals surface area contributed by atoms with Crippen molar-refractivity contribution in [3.8, 4) is 5.75 Å². The van der Waals surface area contributed by atoms with Crippen molar-refractivity contribution in [2.24, 2.45) is 0 Å². The molecule has 1 aromatic heterocycles. The maximum Gasteiger partial charge on any atom is 0.266 e. The fourth-order valence-corrected chi connectivity index (χ4v) is 4.80. The summed E-state index contributed by atoms with van der Waals surface area (Å²) in [6, 6.07) is 14.4. The molecular formula is C23H23N3O6S. The number of anilines is 1. The first kappa shape index (κ1) is 23.8. The molecule has 3 rings (SSSR count). The lowest BCUT2D eigenvalue weighted by Crippen LogP contribution is -2.47. The average molecular weight is 470 g/mol. The largest absolute Gasteiger partial charge is 0.619 e. The van der Waals surface area contributed by atoms with E-state index in [0.29, 0.717) is 16.0 Å². The quantitative estimate of drug-likeness (QED) is 0.226. The van der Waals surface area contributed by atoms with E-state index in [1.807, 2.05) is 0 Å². The zero-order valence-electron chi connectivity index (χ0n) is 18.0. The Bertz CT molecular complexity index is 1240. The maximum absolute atomic E-state index is 13.6. The summed E-state index contributed by atoms with van der Waals surface area (Å²) in [7, 11) is -2.75. The topological polar surface area (TPSA) is 123 Å². The molecular weight excluding hydrogens is 446 g/mol. The molecule has 9 nitrogen and oxygen atoms in total. The molecule has 2 aromatic carbocycles. The second-order valence-electron chi connectivity index (χ2n) is 7.01. The van der Waals surface area contributed by atoms with Crippen LogP contribution in [-0.4, -0.2) is 32.7 Å². The van der Waals surface area contributed by atoms with Crippen LogP contribution in [0.25, 0.3) is 12.2 Å². The smallest absolute Gasteiger partial charge is 0.266 e. The molecule has 1 unspecified atom stereocenters. The fraction of sp³-hybridized carbons (Fsp3) is 0.130. The van der Waals surface area contributed by atoms with E-state index in [2.05, 4.69) is 0 Å². The number of amides is 1. The van der Waals surface area contributed by atoms with Crippen LogP contribution in [0.3, 0.4) is 0 Å². The molecule has 10 heteroatoms. The molecule has 0 aliphatic carbocycles. The zero-order valence-corrected chi connectivity index (χ0v) is 18.8. The fourth-order valence-electron chi connectivity index (χ4n) is 3.16. The lowest BCUT2D eigenvalue weighted by atomic mass is 10.1. The summed E-state index contributed by atoms with van der Waals surface area (Å²) in [6.45, 7) is 1.37. The van der Waals surface area contributed by atoms with Gasteiger partial charge in [0.15, 0.2) is 12.4 Å². The number of carbonyl (C=O) groups is 1. The lowest BCUT2D eigenvalue weighted by Gasteiger charge is -2.30. The van der Waals surface area contributed by atoms with E-state index >= 15 is 0 Å². The lowest BCUT2D eigenvalue weighted by molar-refractivity contribution is -0.605. The number of benzene rings is 2. The van der Waals surface area contributed by atoms with Crippen molar-refractivity contribution in [2.45, 2.75) is 17.9 Å². The average Bonchev–Trinajstić information content (AvgIpc) is 2.83. The highest BCUT2D eigenvalue weighted by Crippen LogP contribution is 2.31. The number of pyridine rings is 1. The summed E-state index contributed by atoms with van der Waals surface area (Å²) in [5.41, 5.74) is 2.99. The van der Waals surface area contributed by atoms with Gasteiger partial charge in [0.1, 0.15) is 11.8 Å². The van der Waals surface area contributed by atoms with Gasteiger partial charge < -0.3 is 9.94 Å². The molecule has 0 radical (unpaired) electrons. The van der Waals surface area contributed by atoms with Crippen LogP contribution in [0.1, 0.15) is 18.1 Å². The number of hydroxylamine groups is 1. The van der Waals surface area contributed by atoms with E-state index in [-0.39, 0.29) is 10.6 Å². The normalized spacial score (nSPS) is 12.3. The Morgan fingerprint density at radius 2 is 1.73 bits per heavy atom. The van der Waals surface area contributed by atoms with Gasteiger partial charge in [-0.3, -0.25) is 14.3 Å². The molecule has 0 spiro atoms. The van der Waals surface area contributed by atoms with Crippen LogP contribution in [0.5, 0.6) is 5.75 Å². The van der Waals surface area contributed by atoms with Crippen molar-refractivity contribution >= 4 is 33.8 Å². The van der Waals surface area contributed by atoms with Crippen molar-refractivity contribution in [3.63, 3.8) is 0 Å². The third kappa shape index (κ3) is 5.30. The molecule has 2 N–H and O–H groups in total. The number of ether oxygens (including phenoxy) is 1. The number of carbonyl (C=O) groups excluding carboxylic acids is 1. The predicted octanol–water partition coefficient (Wildman–Crippen LogP) is 2.59. The molecule has 0 aliphatic heterocycles. The maximum atomic E-state index is 13.6. The Morgan fingerprint density at radius 1 is 1.09 bits per heavy atom. The van der Waals surface area contributed by atoms with E-state index in [1.54, 1.807) is 48.6 Å². The predicted molar refractivity (Wildman–Crippen MR) is 123 cm³/mol. The molecule has 3 aromatic rings. The Hall–Kier alpha value is -3.89. The van der Waals surface area contributed by atoms with Gasteiger partial charge in [0.05, 0.1) is 17.7 Å². The van der Waals surface area contributed by atoms with Crippen LogP contribution < -0.4 is 19.3 Å². The second kappa shape index (κ2) is 10.2. The van der Waals surface area contributed by atoms with Gasteiger partial charge in [0.25, 0.3) is 15.9 Å². The highest BCUT2D eigenvalue weighted by atomic mass is 32.2. The number of aromatic nitrogens is 1. The summed E-state index contributed by atoms with van der Waals surface area (Å²) in [6.07, 6.45) is 6.09. The third-order valence-electron chi connectivity index (χ3n) is 4.91. The Balaban J connectivity index is 2.11. The van der Waals surface area contributed by atoms with Gasteiger partial charge >= 0.3 is 0 Å². The Morgan fingerprint density at radius 3 is 2.33 bits per heavy atom. The van der Waals surface area contributed by atoms with Gasteiger partial charge in [0, 0.05) is 12.1 Å². The highest BCUT2D eigenvalue weighted by Gasteiger charge is 2.34. The number of rotatable bonds is 8. The van der Waals surface area contributed by atoms with Gasteiger partial charge in [-0.15, -0.1) is 0 Å². The summed E-state index contributed by atoms with van der Waals surface area (Å²) >= 11 is 0. The Kier molecular flexibility index (Phi) is 7.31. The molecule has 1 atom stereocenters. The highest BCUT2D eigenvalue weighted by molar-refractivity contribution is 7.93. The van der Waals surface area contributed by atoms with Crippen LogP contribution >= 0.6 is 0 Å². The first-order valence-corrected chi connectivity index (χ1v) is 11.3. The molecule has 172 valence electrons. The molecule has 0 saturated heterocycles. The Labute approximate surface area is 191 Å². The first-order valence-electron chi connectivity index (χ1n) is 9.86. The number of hydrogen-bond donors (Lipinski definition) is 2. The van der Waals surface area contributed by atoms with E-state index in [0.717, 1.165) is 9.87 Å². The standard InChI is InChI=1S/C23H23N3O6S/c1-17(23(27)24-28)26(33(30,31)21-11-9-20(32-2)10-12-21)22-6-4-3-5-19(22)8-7-18-13-15-25(29)16-14-18/h3-17,28H,1-2H3,(H,24,27)/b8-7+. The number of methoxy groups -OCH3 is 1. The first-order chi connectivity index (χ1) is 15.8. The molecule has 0 bridgehead atoms. The van der Waals surface area contributed by atoms with Crippen LogP contribution in [0, 0.1) is 5.21 Å². The van der Waals surface area contributed by atoms with Gasteiger partial charge in [-0.25, -0.2) is 13.9 Å². The minimum absolute atomic E-state index is 0.0530. The second-order valence-corrected chi connectivity index (χ2v) is 8.83. The van der Waals surface area contributed by atoms with Crippen LogP contribution in [0.2, 0.25) is 0 Å². The van der Waals surface area contributed by atoms with Crippen LogP contribution in [0.4, 0.5) is 5.69 Å². The van der Waals surface area contributed by atoms with Gasteiger partial charge in [-0.05, 0) is 48.4 Å². The minimum atomic E-state index is -4.22. The van der Waals surface area contributed by atoms with E-state index < -0.39 is 22.0 Å². The molecule has 0 fully saturated rings. The van der Waals surface area contributed by atoms with Crippen LogP contribution in [0.15, 0.2) is 78.0 Å². The summed E-state index contributed by atoms with van der Waals surface area (Å²) in [5.74, 6) is -0.416.